The van der Waals surface area contributed by atoms with E-state index in [1.807, 2.05) is 6.07 Å². The summed E-state index contributed by atoms with van der Waals surface area (Å²) in [6, 6.07) is 73.6. The highest BCUT2D eigenvalue weighted by molar-refractivity contribution is 7.21. The second kappa shape index (κ2) is 13.8. The molecule has 0 amide bonds. The van der Waals surface area contributed by atoms with Crippen LogP contribution in [-0.2, 0) is 0 Å². The number of furan rings is 1. The number of thiazole rings is 1. The molecule has 0 bridgehead atoms. The molecule has 0 atom stereocenters. The van der Waals surface area contributed by atoms with Crippen LogP contribution in [-0.4, -0.2) is 4.98 Å². The fourth-order valence-corrected chi connectivity index (χ4v) is 9.01. The van der Waals surface area contributed by atoms with Gasteiger partial charge < -0.3 is 9.32 Å². The molecule has 11 aromatic rings. The molecule has 57 heavy (non-hydrogen) atoms. The molecule has 0 fully saturated rings. The lowest BCUT2D eigenvalue weighted by molar-refractivity contribution is 0.669. The van der Waals surface area contributed by atoms with Crippen molar-refractivity contribution in [3.63, 3.8) is 0 Å². The minimum atomic E-state index is 0.855. The van der Waals surface area contributed by atoms with Crippen LogP contribution in [0.25, 0.3) is 86.9 Å². The summed E-state index contributed by atoms with van der Waals surface area (Å²) >= 11 is 1.72. The number of benzene rings is 9. The van der Waals surface area contributed by atoms with Crippen molar-refractivity contribution in [2.45, 2.75) is 0 Å². The smallest absolute Gasteiger partial charge is 0.137 e. The zero-order valence-corrected chi connectivity index (χ0v) is 31.7. The van der Waals surface area contributed by atoms with Gasteiger partial charge in [-0.2, -0.15) is 0 Å². The van der Waals surface area contributed by atoms with Crippen molar-refractivity contribution >= 4 is 71.3 Å². The Balaban J connectivity index is 0.993. The zero-order valence-electron chi connectivity index (χ0n) is 30.8. The quantitative estimate of drug-likeness (QED) is 0.163. The van der Waals surface area contributed by atoms with E-state index in [0.717, 1.165) is 70.9 Å². The van der Waals surface area contributed by atoms with E-state index in [0.29, 0.717) is 0 Å². The molecule has 2 heterocycles. The Hall–Kier alpha value is -7.27. The predicted molar refractivity (Wildman–Crippen MR) is 241 cm³/mol. The molecule has 0 saturated heterocycles. The van der Waals surface area contributed by atoms with Crippen molar-refractivity contribution in [3.8, 4) is 44.0 Å². The molecule has 11 rings (SSSR count). The van der Waals surface area contributed by atoms with E-state index in [-0.39, 0.29) is 0 Å². The molecule has 4 heteroatoms. The summed E-state index contributed by atoms with van der Waals surface area (Å²) < 4.78 is 7.66. The lowest BCUT2D eigenvalue weighted by Crippen LogP contribution is -2.10. The average molecular weight is 747 g/mol. The molecule has 0 aliphatic heterocycles. The highest BCUT2D eigenvalue weighted by atomic mass is 32.1. The standard InChI is InChI=1S/C53H34N2OS/c1-4-12-35(13-5-1)37-20-25-43(26-21-37)55(49-31-42(36-14-6-2-7-15-36)30-41-18-10-11-19-45(41)49)44-27-22-38(23-28-44)40-24-29-46-47-33-52-48(34-51(47)56-50(46)32-40)54-53(57-52)39-16-8-3-9-17-39/h1-34H. The molecule has 0 N–H and O–H groups in total. The number of nitrogens with zero attached hydrogens (tertiary/aromatic N) is 2. The van der Waals surface area contributed by atoms with Gasteiger partial charge in [-0.25, -0.2) is 4.98 Å². The lowest BCUT2D eigenvalue weighted by atomic mass is 9.98. The van der Waals surface area contributed by atoms with Crippen LogP contribution in [0.5, 0.6) is 0 Å². The second-order valence-electron chi connectivity index (χ2n) is 14.4. The normalized spacial score (nSPS) is 11.5. The Morgan fingerprint density at radius 2 is 0.930 bits per heavy atom. The van der Waals surface area contributed by atoms with Crippen LogP contribution in [0.4, 0.5) is 17.1 Å². The third kappa shape index (κ3) is 6.04. The first-order chi connectivity index (χ1) is 28.2. The maximum absolute atomic E-state index is 6.50. The Labute approximate surface area is 334 Å². The van der Waals surface area contributed by atoms with E-state index in [2.05, 4.69) is 205 Å². The number of hydrogen-bond acceptors (Lipinski definition) is 4. The molecule has 0 spiro atoms. The van der Waals surface area contributed by atoms with Gasteiger partial charge in [-0.3, -0.25) is 0 Å². The van der Waals surface area contributed by atoms with Crippen molar-refractivity contribution in [1.29, 1.82) is 0 Å². The Morgan fingerprint density at radius 3 is 1.61 bits per heavy atom. The number of fused-ring (bicyclic) bond motifs is 5. The summed E-state index contributed by atoms with van der Waals surface area (Å²) in [5, 5.41) is 5.63. The first kappa shape index (κ1) is 33.1. The van der Waals surface area contributed by atoms with Crippen LogP contribution < -0.4 is 4.90 Å². The van der Waals surface area contributed by atoms with E-state index >= 15 is 0 Å². The topological polar surface area (TPSA) is 29.3 Å². The Morgan fingerprint density at radius 1 is 0.386 bits per heavy atom. The van der Waals surface area contributed by atoms with Gasteiger partial charge in [-0.1, -0.05) is 146 Å². The fourth-order valence-electron chi connectivity index (χ4n) is 8.02. The van der Waals surface area contributed by atoms with Crippen LogP contribution >= 0.6 is 11.3 Å². The van der Waals surface area contributed by atoms with Crippen molar-refractivity contribution in [2.75, 3.05) is 4.90 Å². The van der Waals surface area contributed by atoms with Gasteiger partial charge in [0, 0.05) is 39.2 Å². The lowest BCUT2D eigenvalue weighted by Gasteiger charge is -2.28. The molecule has 3 nitrogen and oxygen atoms in total. The maximum atomic E-state index is 6.50. The Bertz CT molecular complexity index is 3210. The summed E-state index contributed by atoms with van der Waals surface area (Å²) in [5.74, 6) is 0. The summed E-state index contributed by atoms with van der Waals surface area (Å²) in [5.41, 5.74) is 14.1. The van der Waals surface area contributed by atoms with Crippen molar-refractivity contribution in [2.24, 2.45) is 0 Å². The van der Waals surface area contributed by atoms with Gasteiger partial charge in [0.25, 0.3) is 0 Å². The molecular weight excluding hydrogens is 713 g/mol. The molecule has 9 aromatic carbocycles. The minimum absolute atomic E-state index is 0.855. The maximum Gasteiger partial charge on any atom is 0.137 e. The van der Waals surface area contributed by atoms with Gasteiger partial charge in [-0.05, 0) is 93.4 Å². The van der Waals surface area contributed by atoms with E-state index in [4.69, 9.17) is 9.40 Å². The third-order valence-electron chi connectivity index (χ3n) is 10.9. The van der Waals surface area contributed by atoms with E-state index < -0.39 is 0 Å². The highest BCUT2D eigenvalue weighted by Gasteiger charge is 2.19. The van der Waals surface area contributed by atoms with Crippen molar-refractivity contribution < 1.29 is 4.42 Å². The molecule has 2 aromatic heterocycles. The van der Waals surface area contributed by atoms with Gasteiger partial charge in [0.15, 0.2) is 0 Å². The van der Waals surface area contributed by atoms with E-state index in [1.54, 1.807) is 11.3 Å². The third-order valence-corrected chi connectivity index (χ3v) is 11.9. The van der Waals surface area contributed by atoms with Crippen molar-refractivity contribution in [3.05, 3.63) is 206 Å². The predicted octanol–water partition coefficient (Wildman–Crippen LogP) is 15.5. The number of aromatic nitrogens is 1. The number of anilines is 3. The Kier molecular flexibility index (Phi) is 8.01. The SMILES string of the molecule is c1ccc(-c2ccc(N(c3ccc(-c4ccc5c(c4)oc4cc6nc(-c7ccccc7)sc6cc45)cc3)c3cc(-c4ccccc4)cc4ccccc34)cc2)cc1. The van der Waals surface area contributed by atoms with E-state index in [9.17, 15) is 0 Å². The molecule has 0 aliphatic rings. The minimum Gasteiger partial charge on any atom is -0.456 e. The van der Waals surface area contributed by atoms with Gasteiger partial charge in [0.05, 0.1) is 15.9 Å². The van der Waals surface area contributed by atoms with Crippen LogP contribution in [0.15, 0.2) is 211 Å². The average Bonchev–Trinajstić information content (AvgIpc) is 3.87. The van der Waals surface area contributed by atoms with Crippen LogP contribution in [0, 0.1) is 0 Å². The molecule has 0 aliphatic carbocycles. The molecule has 0 unspecified atom stereocenters. The molecule has 0 saturated carbocycles. The molecule has 0 radical (unpaired) electrons. The largest absolute Gasteiger partial charge is 0.456 e. The van der Waals surface area contributed by atoms with Gasteiger partial charge >= 0.3 is 0 Å². The van der Waals surface area contributed by atoms with Crippen LogP contribution in [0.3, 0.4) is 0 Å². The highest BCUT2D eigenvalue weighted by Crippen LogP contribution is 2.43. The fraction of sp³-hybridized carbons (Fsp3) is 0. The van der Waals surface area contributed by atoms with Crippen molar-refractivity contribution in [1.82, 2.24) is 4.98 Å². The first-order valence-corrected chi connectivity index (χ1v) is 20.0. The van der Waals surface area contributed by atoms with Gasteiger partial charge in [0.2, 0.25) is 0 Å². The second-order valence-corrected chi connectivity index (χ2v) is 15.4. The summed E-state index contributed by atoms with van der Waals surface area (Å²) in [7, 11) is 0. The van der Waals surface area contributed by atoms with Crippen LogP contribution in [0.1, 0.15) is 0 Å². The summed E-state index contributed by atoms with van der Waals surface area (Å²) in [4.78, 5) is 7.33. The zero-order chi connectivity index (χ0) is 37.7. The number of rotatable bonds is 7. The van der Waals surface area contributed by atoms with E-state index in [1.165, 1.54) is 33.0 Å². The summed E-state index contributed by atoms with van der Waals surface area (Å²) in [6.45, 7) is 0. The molecular formula is C53H34N2OS. The summed E-state index contributed by atoms with van der Waals surface area (Å²) in [6.07, 6.45) is 0. The van der Waals surface area contributed by atoms with Crippen LogP contribution in [0.2, 0.25) is 0 Å². The monoisotopic (exact) mass is 746 g/mol. The van der Waals surface area contributed by atoms with Gasteiger partial charge in [-0.15, -0.1) is 11.3 Å². The molecule has 268 valence electrons. The van der Waals surface area contributed by atoms with Gasteiger partial charge in [0.1, 0.15) is 16.2 Å². The first-order valence-electron chi connectivity index (χ1n) is 19.2. The number of hydrogen-bond donors (Lipinski definition) is 0.